The highest BCUT2D eigenvalue weighted by Crippen LogP contribution is 2.14. The van der Waals surface area contributed by atoms with Crippen molar-refractivity contribution in [3.8, 4) is 0 Å². The standard InChI is InChI=1S/C17H18N2O4/c20-16(13-6-8-22-10-13)19-14-4-1-3-12(9-14)17(21)23-11-15-5-2-7-18-15/h1,3-4,6,8-10,15,18H,2,5,7,11H2,(H,19,20)/t15-/m0/s1. The van der Waals surface area contributed by atoms with Crippen LogP contribution >= 0.6 is 0 Å². The lowest BCUT2D eigenvalue weighted by Gasteiger charge is -2.11. The number of rotatable bonds is 5. The average Bonchev–Trinajstić information content (AvgIpc) is 3.26. The molecule has 0 saturated carbocycles. The fourth-order valence-electron chi connectivity index (χ4n) is 2.48. The molecule has 6 heteroatoms. The third kappa shape index (κ3) is 3.98. The summed E-state index contributed by atoms with van der Waals surface area (Å²) in [6, 6.07) is 8.49. The largest absolute Gasteiger partial charge is 0.472 e. The summed E-state index contributed by atoms with van der Waals surface area (Å²) in [5, 5.41) is 5.99. The first-order valence-corrected chi connectivity index (χ1v) is 7.56. The molecule has 0 spiro atoms. The molecule has 6 nitrogen and oxygen atoms in total. The third-order valence-electron chi connectivity index (χ3n) is 3.72. The first-order chi connectivity index (χ1) is 11.2. The smallest absolute Gasteiger partial charge is 0.338 e. The maximum atomic E-state index is 12.1. The van der Waals surface area contributed by atoms with E-state index < -0.39 is 5.97 Å². The van der Waals surface area contributed by atoms with Crippen molar-refractivity contribution >= 4 is 17.6 Å². The van der Waals surface area contributed by atoms with Gasteiger partial charge >= 0.3 is 5.97 Å². The number of ether oxygens (including phenoxy) is 1. The molecule has 1 aliphatic rings. The molecule has 120 valence electrons. The van der Waals surface area contributed by atoms with Crippen LogP contribution in [0.2, 0.25) is 0 Å². The summed E-state index contributed by atoms with van der Waals surface area (Å²) in [5.74, 6) is -0.683. The van der Waals surface area contributed by atoms with E-state index in [1.165, 1.54) is 12.5 Å². The summed E-state index contributed by atoms with van der Waals surface area (Å²) in [7, 11) is 0. The molecule has 0 bridgehead atoms. The van der Waals surface area contributed by atoms with Crippen LogP contribution in [-0.2, 0) is 4.74 Å². The average molecular weight is 314 g/mol. The summed E-state index contributed by atoms with van der Waals surface area (Å²) in [4.78, 5) is 24.1. The number of benzene rings is 1. The van der Waals surface area contributed by atoms with Crippen LogP contribution < -0.4 is 10.6 Å². The molecule has 23 heavy (non-hydrogen) atoms. The first kappa shape index (κ1) is 15.3. The van der Waals surface area contributed by atoms with E-state index in [1.54, 1.807) is 30.3 Å². The van der Waals surface area contributed by atoms with Crippen LogP contribution in [0.15, 0.2) is 47.3 Å². The molecule has 2 heterocycles. The van der Waals surface area contributed by atoms with Crippen molar-refractivity contribution in [2.24, 2.45) is 0 Å². The Kier molecular flexibility index (Phi) is 4.73. The van der Waals surface area contributed by atoms with Gasteiger partial charge in [0.1, 0.15) is 12.9 Å². The number of hydrogen-bond acceptors (Lipinski definition) is 5. The Morgan fingerprint density at radius 3 is 2.96 bits per heavy atom. The molecule has 1 aromatic carbocycles. The van der Waals surface area contributed by atoms with Gasteiger partial charge in [0.05, 0.1) is 17.4 Å². The van der Waals surface area contributed by atoms with Crippen molar-refractivity contribution in [3.05, 3.63) is 54.0 Å². The number of furan rings is 1. The molecule has 1 atom stereocenters. The van der Waals surface area contributed by atoms with Crippen molar-refractivity contribution in [1.29, 1.82) is 0 Å². The number of carbonyl (C=O) groups excluding carboxylic acids is 2. The Labute approximate surface area is 133 Å². The highest BCUT2D eigenvalue weighted by molar-refractivity contribution is 6.04. The van der Waals surface area contributed by atoms with E-state index in [-0.39, 0.29) is 11.9 Å². The minimum atomic E-state index is -0.391. The van der Waals surface area contributed by atoms with Crippen LogP contribution in [0.25, 0.3) is 0 Å². The van der Waals surface area contributed by atoms with E-state index in [0.717, 1.165) is 19.4 Å². The highest BCUT2D eigenvalue weighted by atomic mass is 16.5. The van der Waals surface area contributed by atoms with Gasteiger partial charge in [-0.05, 0) is 43.7 Å². The Balaban J connectivity index is 1.60. The zero-order valence-corrected chi connectivity index (χ0v) is 12.6. The van der Waals surface area contributed by atoms with Gasteiger partial charge in [-0.3, -0.25) is 4.79 Å². The van der Waals surface area contributed by atoms with E-state index >= 15 is 0 Å². The third-order valence-corrected chi connectivity index (χ3v) is 3.72. The normalized spacial score (nSPS) is 17.0. The number of esters is 1. The lowest BCUT2D eigenvalue weighted by Crippen LogP contribution is -2.28. The van der Waals surface area contributed by atoms with Gasteiger partial charge in [-0.2, -0.15) is 0 Å². The Morgan fingerprint density at radius 2 is 2.22 bits per heavy atom. The zero-order chi connectivity index (χ0) is 16.1. The van der Waals surface area contributed by atoms with Crippen molar-refractivity contribution in [3.63, 3.8) is 0 Å². The molecular formula is C17H18N2O4. The molecular weight excluding hydrogens is 296 g/mol. The van der Waals surface area contributed by atoms with Crippen molar-refractivity contribution in [1.82, 2.24) is 5.32 Å². The number of nitrogens with one attached hydrogen (secondary N) is 2. The Bertz CT molecular complexity index is 676. The van der Waals surface area contributed by atoms with E-state index in [2.05, 4.69) is 10.6 Å². The van der Waals surface area contributed by atoms with Crippen molar-refractivity contribution in [2.45, 2.75) is 18.9 Å². The van der Waals surface area contributed by atoms with Crippen LogP contribution in [-0.4, -0.2) is 31.1 Å². The van der Waals surface area contributed by atoms with E-state index in [9.17, 15) is 9.59 Å². The van der Waals surface area contributed by atoms with E-state index in [1.807, 2.05) is 0 Å². The predicted octanol–water partition coefficient (Wildman–Crippen LogP) is 2.44. The number of carbonyl (C=O) groups is 2. The molecule has 1 amide bonds. The van der Waals surface area contributed by atoms with Crippen LogP contribution in [0.5, 0.6) is 0 Å². The number of anilines is 1. The van der Waals surface area contributed by atoms with Gasteiger partial charge in [0.25, 0.3) is 5.91 Å². The summed E-state index contributed by atoms with van der Waals surface area (Å²) in [6.07, 6.45) is 4.92. The molecule has 1 saturated heterocycles. The fraction of sp³-hybridized carbons (Fsp3) is 0.294. The molecule has 0 radical (unpaired) electrons. The molecule has 0 unspecified atom stereocenters. The van der Waals surface area contributed by atoms with Gasteiger partial charge < -0.3 is 19.8 Å². The summed E-state index contributed by atoms with van der Waals surface area (Å²) in [6.45, 7) is 1.34. The number of amides is 1. The minimum absolute atomic E-state index is 0.239. The second-order valence-electron chi connectivity index (χ2n) is 5.44. The van der Waals surface area contributed by atoms with Gasteiger partial charge in [-0.15, -0.1) is 0 Å². The van der Waals surface area contributed by atoms with Gasteiger partial charge in [-0.1, -0.05) is 6.07 Å². The summed E-state index contributed by atoms with van der Waals surface area (Å²) < 4.78 is 10.2. The minimum Gasteiger partial charge on any atom is -0.472 e. The van der Waals surface area contributed by atoms with Crippen LogP contribution in [0, 0.1) is 0 Å². The van der Waals surface area contributed by atoms with Gasteiger partial charge in [0.15, 0.2) is 0 Å². The lowest BCUT2D eigenvalue weighted by atomic mass is 10.2. The molecule has 3 rings (SSSR count). The molecule has 1 aliphatic heterocycles. The predicted molar refractivity (Wildman–Crippen MR) is 84.4 cm³/mol. The second kappa shape index (κ2) is 7.11. The van der Waals surface area contributed by atoms with Crippen LogP contribution in [0.1, 0.15) is 33.6 Å². The SMILES string of the molecule is O=C(Nc1cccc(C(=O)OC[C@@H]2CCCN2)c1)c1ccoc1. The number of hydrogen-bond donors (Lipinski definition) is 2. The monoisotopic (exact) mass is 314 g/mol. The van der Waals surface area contributed by atoms with Crippen molar-refractivity contribution in [2.75, 3.05) is 18.5 Å². The quantitative estimate of drug-likeness (QED) is 0.829. The van der Waals surface area contributed by atoms with E-state index in [0.29, 0.717) is 23.4 Å². The molecule has 0 aliphatic carbocycles. The van der Waals surface area contributed by atoms with Gasteiger partial charge in [0.2, 0.25) is 0 Å². The molecule has 1 fully saturated rings. The second-order valence-corrected chi connectivity index (χ2v) is 5.44. The lowest BCUT2D eigenvalue weighted by molar-refractivity contribution is 0.0473. The highest BCUT2D eigenvalue weighted by Gasteiger charge is 2.17. The molecule has 2 N–H and O–H groups in total. The van der Waals surface area contributed by atoms with E-state index in [4.69, 9.17) is 9.15 Å². The first-order valence-electron chi connectivity index (χ1n) is 7.56. The topological polar surface area (TPSA) is 80.6 Å². The van der Waals surface area contributed by atoms with Crippen LogP contribution in [0.4, 0.5) is 5.69 Å². The maximum Gasteiger partial charge on any atom is 0.338 e. The maximum absolute atomic E-state index is 12.1. The summed E-state index contributed by atoms with van der Waals surface area (Å²) in [5.41, 5.74) is 1.36. The zero-order valence-electron chi connectivity index (χ0n) is 12.6. The van der Waals surface area contributed by atoms with Crippen molar-refractivity contribution < 1.29 is 18.7 Å². The summed E-state index contributed by atoms with van der Waals surface area (Å²) >= 11 is 0. The van der Waals surface area contributed by atoms with Gasteiger partial charge in [-0.25, -0.2) is 4.79 Å². The Morgan fingerprint density at radius 1 is 1.30 bits per heavy atom. The molecule has 1 aromatic heterocycles. The fourth-order valence-corrected chi connectivity index (χ4v) is 2.48. The Hall–Kier alpha value is -2.60. The molecule has 2 aromatic rings. The van der Waals surface area contributed by atoms with Gasteiger partial charge in [0, 0.05) is 11.7 Å². The van der Waals surface area contributed by atoms with Crippen LogP contribution in [0.3, 0.4) is 0 Å².